The average molecular weight is 556 g/mol. The molecular weight excluding hydrogens is 552 g/mol. The summed E-state index contributed by atoms with van der Waals surface area (Å²) < 4.78 is 0. The van der Waals surface area contributed by atoms with Gasteiger partial charge < -0.3 is 95.9 Å². The fourth-order valence-electron chi connectivity index (χ4n) is 0. The molecule has 0 aromatic heterocycles. The van der Waals surface area contributed by atoms with Gasteiger partial charge in [-0.25, -0.2) is 0 Å². The van der Waals surface area contributed by atoms with Crippen LogP contribution in [0.5, 0.6) is 0 Å². The molecular formula is H4I4N2O-2. The van der Waals surface area contributed by atoms with E-state index in [1.165, 1.54) is 0 Å². The Morgan fingerprint density at radius 1 is 0.714 bits per heavy atom. The molecule has 0 amide bonds. The second kappa shape index (κ2) is 15.9. The first-order chi connectivity index (χ1) is 1.50. The molecule has 1 aliphatic heterocycles. The summed E-state index contributed by atoms with van der Waals surface area (Å²) in [5.74, 6) is 0. The summed E-state index contributed by atoms with van der Waals surface area (Å²) in [6, 6.07) is 0. The van der Waals surface area contributed by atoms with Crippen molar-refractivity contribution in [2.24, 2.45) is 0 Å². The molecule has 0 unspecified atom stereocenters. The standard InChI is InChI=1S/4HI.H4N2O/c;;;;1-2-3-1/h4*1H;1-2H2/q;;;;+2/p-4. The second-order valence-corrected chi connectivity index (χ2v) is 0.408. The zero-order valence-electron chi connectivity index (χ0n) is 3.07. The minimum Gasteiger partial charge on any atom is -1.00 e. The van der Waals surface area contributed by atoms with E-state index in [0.29, 0.717) is 0 Å². The highest BCUT2D eigenvalue weighted by Gasteiger charge is 2.05. The number of hydrogen-bond acceptors (Lipinski definition) is 1. The van der Waals surface area contributed by atoms with Crippen molar-refractivity contribution < 1.29 is 112 Å². The Labute approximate surface area is 110 Å². The van der Waals surface area contributed by atoms with Gasteiger partial charge in [0, 0.05) is 11.2 Å². The van der Waals surface area contributed by atoms with E-state index in [1.807, 2.05) is 0 Å². The fourth-order valence-corrected chi connectivity index (χ4v) is 0. The molecule has 1 aliphatic rings. The third-order valence-corrected chi connectivity index (χ3v) is 0.136. The first-order valence-electron chi connectivity index (χ1n) is 0.805. The lowest BCUT2D eigenvalue weighted by Gasteiger charge is -1.00. The molecule has 0 spiro atoms. The third kappa shape index (κ3) is 28.2. The van der Waals surface area contributed by atoms with Crippen LogP contribution in [0.2, 0.25) is 0 Å². The molecule has 0 radical (unpaired) electrons. The molecule has 0 saturated carbocycles. The summed E-state index contributed by atoms with van der Waals surface area (Å²) in [5, 5.41) is 0. The van der Waals surface area contributed by atoms with E-state index in [-0.39, 0.29) is 95.9 Å². The van der Waals surface area contributed by atoms with Crippen LogP contribution < -0.4 is 107 Å². The lowest BCUT2D eigenvalue weighted by molar-refractivity contribution is -1.000. The van der Waals surface area contributed by atoms with E-state index < -0.39 is 0 Å². The van der Waals surface area contributed by atoms with Crippen LogP contribution in [0, 0.1) is 0 Å². The molecule has 0 aromatic rings. The van der Waals surface area contributed by atoms with E-state index in [4.69, 9.17) is 0 Å². The van der Waals surface area contributed by atoms with Gasteiger partial charge in [0.15, 0.2) is 0 Å². The van der Waals surface area contributed by atoms with Crippen LogP contribution >= 0.6 is 0 Å². The van der Waals surface area contributed by atoms with Crippen molar-refractivity contribution in [3.05, 3.63) is 0 Å². The molecule has 50 valence electrons. The molecule has 0 bridgehead atoms. The SMILES string of the molecule is [I-].[I-].[I-].[I-].[NH2+]1[NH2+]O1. The Bertz CT molecular complexity index is 14.4. The van der Waals surface area contributed by atoms with Gasteiger partial charge in [0.2, 0.25) is 0 Å². The molecule has 1 saturated heterocycles. The zero-order valence-corrected chi connectivity index (χ0v) is 11.7. The van der Waals surface area contributed by atoms with E-state index in [2.05, 4.69) is 4.94 Å². The van der Waals surface area contributed by atoms with Crippen molar-refractivity contribution in [2.45, 2.75) is 0 Å². The Balaban J connectivity index is -0.0000000112. The van der Waals surface area contributed by atoms with Crippen LogP contribution in [0.4, 0.5) is 0 Å². The largest absolute Gasteiger partial charge is 1.00 e. The number of rotatable bonds is 0. The van der Waals surface area contributed by atoms with Crippen LogP contribution in [0.15, 0.2) is 0 Å². The highest BCUT2D eigenvalue weighted by atomic mass is 127. The monoisotopic (exact) mass is 556 g/mol. The molecule has 4 N–H and O–H groups in total. The summed E-state index contributed by atoms with van der Waals surface area (Å²) in [6.45, 7) is 0. The first-order valence-corrected chi connectivity index (χ1v) is 0.805. The van der Waals surface area contributed by atoms with Crippen LogP contribution in [0.25, 0.3) is 0 Å². The molecule has 1 rings (SSSR count). The van der Waals surface area contributed by atoms with Gasteiger partial charge in [0.1, 0.15) is 0 Å². The van der Waals surface area contributed by atoms with Gasteiger partial charge in [0.05, 0.1) is 4.94 Å². The Kier molecular flexibility index (Phi) is 51.3. The van der Waals surface area contributed by atoms with Gasteiger partial charge in [0.25, 0.3) is 0 Å². The number of quaternary nitrogens is 2. The summed E-state index contributed by atoms with van der Waals surface area (Å²) in [7, 11) is 0. The molecule has 7 heteroatoms. The maximum absolute atomic E-state index is 4.25. The molecule has 1 fully saturated rings. The molecule has 1 heterocycles. The van der Waals surface area contributed by atoms with E-state index in [9.17, 15) is 0 Å². The molecule has 0 atom stereocenters. The lowest BCUT2D eigenvalue weighted by Crippen LogP contribution is -3.00. The van der Waals surface area contributed by atoms with Gasteiger partial charge in [-0.15, -0.1) is 0 Å². The van der Waals surface area contributed by atoms with Crippen LogP contribution in [-0.4, -0.2) is 0 Å². The zero-order chi connectivity index (χ0) is 2.12. The van der Waals surface area contributed by atoms with Crippen molar-refractivity contribution in [3.63, 3.8) is 0 Å². The normalized spacial score (nSPS) is 10.3. The molecule has 0 aromatic carbocycles. The molecule has 0 aliphatic carbocycles. The number of halogens is 4. The Morgan fingerprint density at radius 3 is 0.857 bits per heavy atom. The van der Waals surface area contributed by atoms with E-state index >= 15 is 0 Å². The first kappa shape index (κ1) is 22.6. The molecule has 7 heavy (non-hydrogen) atoms. The van der Waals surface area contributed by atoms with Gasteiger partial charge in [-0.2, -0.15) is 0 Å². The lowest BCUT2D eigenvalue weighted by atomic mass is 13.0. The van der Waals surface area contributed by atoms with E-state index in [1.54, 1.807) is 11.2 Å². The van der Waals surface area contributed by atoms with Crippen molar-refractivity contribution in [2.75, 3.05) is 0 Å². The van der Waals surface area contributed by atoms with Crippen molar-refractivity contribution in [3.8, 4) is 0 Å². The summed E-state index contributed by atoms with van der Waals surface area (Å²) >= 11 is 0. The quantitative estimate of drug-likeness (QED) is 0.174. The fraction of sp³-hybridized carbons (Fsp3) is 0. The Morgan fingerprint density at radius 2 is 0.857 bits per heavy atom. The van der Waals surface area contributed by atoms with Crippen LogP contribution in [-0.2, 0) is 4.94 Å². The average Bonchev–Trinajstić information content (AvgIpc) is 1.46. The third-order valence-electron chi connectivity index (χ3n) is 0.136. The topological polar surface area (TPSA) is 45.8 Å². The number of nitrogens with two attached hydrogens (primary N) is 2. The van der Waals surface area contributed by atoms with Crippen LogP contribution in [0.1, 0.15) is 0 Å². The molecule has 3 nitrogen and oxygen atoms in total. The predicted molar refractivity (Wildman–Crippen MR) is 4.94 cm³/mol. The van der Waals surface area contributed by atoms with Gasteiger partial charge >= 0.3 is 0 Å². The maximum Gasteiger partial charge on any atom is 0.0948 e. The summed E-state index contributed by atoms with van der Waals surface area (Å²) in [6.07, 6.45) is 0. The van der Waals surface area contributed by atoms with Crippen molar-refractivity contribution in [1.82, 2.24) is 0 Å². The minimum absolute atomic E-state index is 0. The summed E-state index contributed by atoms with van der Waals surface area (Å²) in [4.78, 5) is 4.25. The van der Waals surface area contributed by atoms with Crippen LogP contribution in [0.3, 0.4) is 0 Å². The number of hydrogen-bond donors (Lipinski definition) is 2. The van der Waals surface area contributed by atoms with Crippen molar-refractivity contribution >= 4 is 0 Å². The Hall–Kier alpha value is 2.80. The van der Waals surface area contributed by atoms with Gasteiger partial charge in [-0.05, 0) is 0 Å². The van der Waals surface area contributed by atoms with Crippen molar-refractivity contribution in [1.29, 1.82) is 0 Å². The van der Waals surface area contributed by atoms with Gasteiger partial charge in [-0.3, -0.25) is 0 Å². The highest BCUT2D eigenvalue weighted by Crippen LogP contribution is 0.972. The summed E-state index contributed by atoms with van der Waals surface area (Å²) in [5.41, 5.74) is 3.25. The minimum atomic E-state index is 0. The smallest absolute Gasteiger partial charge is 0.0948 e. The second-order valence-electron chi connectivity index (χ2n) is 0.408. The van der Waals surface area contributed by atoms with Gasteiger partial charge in [-0.1, -0.05) is 0 Å². The highest BCUT2D eigenvalue weighted by molar-refractivity contribution is 2.46. The predicted octanol–water partition coefficient (Wildman–Crippen LogP) is -15.1. The maximum atomic E-state index is 4.25. The van der Waals surface area contributed by atoms with E-state index in [0.717, 1.165) is 0 Å².